The Hall–Kier alpha value is -0.520. The maximum atomic E-state index is 12.1. The van der Waals surface area contributed by atoms with Crippen LogP contribution < -0.4 is 5.32 Å². The first-order chi connectivity index (χ1) is 9.14. The maximum Gasteiger partial charge on any atom is 0.254 e. The van der Waals surface area contributed by atoms with E-state index in [-0.39, 0.29) is 27.2 Å². The lowest BCUT2D eigenvalue weighted by Gasteiger charge is -2.27. The normalized spacial score (nSPS) is 14.2. The van der Waals surface area contributed by atoms with Crippen LogP contribution in [0.5, 0.6) is 0 Å². The number of aliphatic hydroxyl groups is 1. The Balaban J connectivity index is 2.81. The van der Waals surface area contributed by atoms with Crippen LogP contribution >= 0.6 is 34.8 Å². The minimum Gasteiger partial charge on any atom is -0.387 e. The van der Waals surface area contributed by atoms with Crippen molar-refractivity contribution in [2.45, 2.75) is 12.5 Å². The van der Waals surface area contributed by atoms with Crippen LogP contribution in [-0.2, 0) is 0 Å². The number of rotatable bonds is 5. The molecule has 1 amide bonds. The van der Waals surface area contributed by atoms with Crippen molar-refractivity contribution in [1.82, 2.24) is 10.2 Å². The molecule has 0 aliphatic heterocycles. The second-order valence-electron chi connectivity index (χ2n) is 5.14. The van der Waals surface area contributed by atoms with E-state index in [1.807, 2.05) is 19.0 Å². The Morgan fingerprint density at radius 1 is 1.30 bits per heavy atom. The van der Waals surface area contributed by atoms with Crippen LogP contribution in [0.1, 0.15) is 17.3 Å². The van der Waals surface area contributed by atoms with Crippen LogP contribution in [0.25, 0.3) is 0 Å². The number of nitrogens with one attached hydrogen (secondary N) is 1. The molecule has 0 aromatic heterocycles. The minimum absolute atomic E-state index is 0.0726. The van der Waals surface area contributed by atoms with E-state index in [4.69, 9.17) is 34.8 Å². The van der Waals surface area contributed by atoms with Gasteiger partial charge in [0.25, 0.3) is 5.91 Å². The summed E-state index contributed by atoms with van der Waals surface area (Å²) in [6.07, 6.45) is 0. The Kier molecular flexibility index (Phi) is 6.10. The topological polar surface area (TPSA) is 52.6 Å². The SMILES string of the molecule is CN(C)CC(C)(O)CNC(=O)c1c(Cl)ccc(Cl)c1Cl. The van der Waals surface area contributed by atoms with Crippen molar-refractivity contribution in [2.24, 2.45) is 0 Å². The second-order valence-corrected chi connectivity index (χ2v) is 6.33. The zero-order chi connectivity index (χ0) is 15.5. The van der Waals surface area contributed by atoms with Crippen LogP contribution in [0.2, 0.25) is 15.1 Å². The van der Waals surface area contributed by atoms with E-state index in [1.54, 1.807) is 6.92 Å². The van der Waals surface area contributed by atoms with Crippen molar-refractivity contribution in [1.29, 1.82) is 0 Å². The van der Waals surface area contributed by atoms with E-state index in [0.717, 1.165) is 0 Å². The van der Waals surface area contributed by atoms with Gasteiger partial charge >= 0.3 is 0 Å². The summed E-state index contributed by atoms with van der Waals surface area (Å²) in [5.74, 6) is -0.471. The maximum absolute atomic E-state index is 12.1. The number of halogens is 3. The molecule has 1 unspecified atom stereocenters. The van der Waals surface area contributed by atoms with Gasteiger partial charge in [-0.2, -0.15) is 0 Å². The molecule has 1 aromatic rings. The summed E-state index contributed by atoms with van der Waals surface area (Å²) in [5.41, 5.74) is -0.946. The van der Waals surface area contributed by atoms with Gasteiger partial charge in [0.2, 0.25) is 0 Å². The highest BCUT2D eigenvalue weighted by molar-refractivity contribution is 6.46. The molecule has 0 spiro atoms. The van der Waals surface area contributed by atoms with Gasteiger partial charge < -0.3 is 15.3 Å². The Bertz CT molecular complexity index is 505. The molecular weight excluding hydrogens is 323 g/mol. The third-order valence-electron chi connectivity index (χ3n) is 2.56. The van der Waals surface area contributed by atoms with Gasteiger partial charge in [0.15, 0.2) is 0 Å². The molecular formula is C13H17Cl3N2O2. The Morgan fingerprint density at radius 3 is 2.40 bits per heavy atom. The quantitative estimate of drug-likeness (QED) is 0.811. The first-order valence-corrected chi connectivity index (χ1v) is 7.06. The van der Waals surface area contributed by atoms with Crippen molar-refractivity contribution in [2.75, 3.05) is 27.2 Å². The molecule has 112 valence electrons. The number of hydrogen-bond acceptors (Lipinski definition) is 3. The van der Waals surface area contributed by atoms with Gasteiger partial charge in [0.05, 0.1) is 26.2 Å². The van der Waals surface area contributed by atoms with Crippen LogP contribution in [-0.4, -0.2) is 48.7 Å². The number of hydrogen-bond donors (Lipinski definition) is 2. The Labute approximate surface area is 133 Å². The first-order valence-electron chi connectivity index (χ1n) is 5.93. The van der Waals surface area contributed by atoms with Gasteiger partial charge in [-0.1, -0.05) is 34.8 Å². The fourth-order valence-electron chi connectivity index (χ4n) is 1.83. The third kappa shape index (κ3) is 4.79. The molecule has 2 N–H and O–H groups in total. The molecule has 7 heteroatoms. The van der Waals surface area contributed by atoms with E-state index < -0.39 is 11.5 Å². The number of nitrogens with zero attached hydrogens (tertiary/aromatic N) is 1. The lowest BCUT2D eigenvalue weighted by atomic mass is 10.1. The molecule has 0 radical (unpaired) electrons. The van der Waals surface area contributed by atoms with Gasteiger partial charge in [-0.05, 0) is 33.2 Å². The van der Waals surface area contributed by atoms with E-state index in [9.17, 15) is 9.90 Å². The number of carbonyl (C=O) groups excluding carboxylic acids is 1. The predicted octanol–water partition coefficient (Wildman–Crippen LogP) is 2.69. The highest BCUT2D eigenvalue weighted by Crippen LogP contribution is 2.31. The molecule has 0 saturated heterocycles. The summed E-state index contributed by atoms with van der Waals surface area (Å²) in [6, 6.07) is 3.02. The van der Waals surface area contributed by atoms with Gasteiger partial charge in [-0.25, -0.2) is 0 Å². The van der Waals surface area contributed by atoms with E-state index in [1.165, 1.54) is 12.1 Å². The average molecular weight is 340 g/mol. The standard InChI is InChI=1S/C13H17Cl3N2O2/c1-13(20,7-18(2)3)6-17-12(19)10-8(14)4-5-9(15)11(10)16/h4-5,20H,6-7H2,1-3H3,(H,17,19). The van der Waals surface area contributed by atoms with Crippen molar-refractivity contribution in [3.8, 4) is 0 Å². The highest BCUT2D eigenvalue weighted by Gasteiger charge is 2.24. The number of benzene rings is 1. The summed E-state index contributed by atoms with van der Waals surface area (Å²) < 4.78 is 0. The first kappa shape index (κ1) is 17.5. The monoisotopic (exact) mass is 338 g/mol. The largest absolute Gasteiger partial charge is 0.387 e. The zero-order valence-corrected chi connectivity index (χ0v) is 13.8. The number of likely N-dealkylation sites (N-methyl/N-ethyl adjacent to an activating group) is 1. The summed E-state index contributed by atoms with van der Waals surface area (Å²) >= 11 is 17.8. The molecule has 0 aliphatic rings. The summed E-state index contributed by atoms with van der Waals surface area (Å²) in [7, 11) is 3.67. The molecule has 1 rings (SSSR count). The predicted molar refractivity (Wildman–Crippen MR) is 83.0 cm³/mol. The van der Waals surface area contributed by atoms with Crippen LogP contribution in [0.4, 0.5) is 0 Å². The molecule has 20 heavy (non-hydrogen) atoms. The smallest absolute Gasteiger partial charge is 0.254 e. The fraction of sp³-hybridized carbons (Fsp3) is 0.462. The van der Waals surface area contributed by atoms with Crippen molar-refractivity contribution >= 4 is 40.7 Å². The second kappa shape index (κ2) is 6.96. The van der Waals surface area contributed by atoms with Crippen molar-refractivity contribution in [3.05, 3.63) is 32.8 Å². The fourth-order valence-corrected chi connectivity index (χ4v) is 2.53. The molecule has 0 bridgehead atoms. The average Bonchev–Trinajstić information content (AvgIpc) is 2.30. The minimum atomic E-state index is -1.06. The van der Waals surface area contributed by atoms with Crippen LogP contribution in [0.3, 0.4) is 0 Å². The molecule has 0 aliphatic carbocycles. The van der Waals surface area contributed by atoms with Gasteiger partial charge in [0.1, 0.15) is 0 Å². The lowest BCUT2D eigenvalue weighted by molar-refractivity contribution is 0.0326. The highest BCUT2D eigenvalue weighted by atomic mass is 35.5. The number of carbonyl (C=O) groups is 1. The zero-order valence-electron chi connectivity index (χ0n) is 11.5. The third-order valence-corrected chi connectivity index (χ3v) is 3.68. The summed E-state index contributed by atoms with van der Waals surface area (Å²) in [5, 5.41) is 13.3. The molecule has 1 aromatic carbocycles. The molecule has 0 heterocycles. The molecule has 0 saturated carbocycles. The van der Waals surface area contributed by atoms with Crippen molar-refractivity contribution in [3.63, 3.8) is 0 Å². The van der Waals surface area contributed by atoms with Gasteiger partial charge in [0, 0.05) is 13.1 Å². The lowest BCUT2D eigenvalue weighted by Crippen LogP contribution is -2.47. The van der Waals surface area contributed by atoms with Crippen molar-refractivity contribution < 1.29 is 9.90 Å². The summed E-state index contributed by atoms with van der Waals surface area (Å²) in [4.78, 5) is 13.9. The summed E-state index contributed by atoms with van der Waals surface area (Å²) in [6.45, 7) is 2.11. The van der Waals surface area contributed by atoms with E-state index in [2.05, 4.69) is 5.32 Å². The van der Waals surface area contributed by atoms with Crippen LogP contribution in [0.15, 0.2) is 12.1 Å². The Morgan fingerprint density at radius 2 is 1.85 bits per heavy atom. The van der Waals surface area contributed by atoms with E-state index in [0.29, 0.717) is 6.54 Å². The van der Waals surface area contributed by atoms with Crippen LogP contribution in [0, 0.1) is 0 Å². The number of amides is 1. The van der Waals surface area contributed by atoms with Gasteiger partial charge in [-0.15, -0.1) is 0 Å². The molecule has 4 nitrogen and oxygen atoms in total. The van der Waals surface area contributed by atoms with Gasteiger partial charge in [-0.3, -0.25) is 4.79 Å². The molecule has 1 atom stereocenters. The molecule has 0 fully saturated rings. The van der Waals surface area contributed by atoms with E-state index >= 15 is 0 Å².